The summed E-state index contributed by atoms with van der Waals surface area (Å²) in [6, 6.07) is 19.1. The minimum atomic E-state index is -0.601. The SMILES string of the molecule is COc1cccc(C(=O)NC(=S)Nc2ccc(F)c(NC(=O)c3ccccc3)c2)c1. The van der Waals surface area contributed by atoms with Crippen molar-refractivity contribution in [1.29, 1.82) is 0 Å². The van der Waals surface area contributed by atoms with Crippen LogP contribution in [0.4, 0.5) is 15.8 Å². The fourth-order valence-corrected chi connectivity index (χ4v) is 2.80. The molecule has 6 nitrogen and oxygen atoms in total. The lowest BCUT2D eigenvalue weighted by molar-refractivity contribution is 0.0976. The Kier molecular flexibility index (Phi) is 6.71. The first-order valence-electron chi connectivity index (χ1n) is 8.88. The van der Waals surface area contributed by atoms with Crippen LogP contribution in [0.15, 0.2) is 72.8 Å². The van der Waals surface area contributed by atoms with E-state index in [-0.39, 0.29) is 10.8 Å². The van der Waals surface area contributed by atoms with Gasteiger partial charge in [0.25, 0.3) is 11.8 Å². The quantitative estimate of drug-likeness (QED) is 0.536. The molecule has 3 aromatic rings. The number of carbonyl (C=O) groups excluding carboxylic acids is 2. The minimum absolute atomic E-state index is 0.0178. The molecule has 0 saturated heterocycles. The van der Waals surface area contributed by atoms with Crippen LogP contribution < -0.4 is 20.7 Å². The van der Waals surface area contributed by atoms with Crippen molar-refractivity contribution >= 4 is 40.5 Å². The zero-order valence-electron chi connectivity index (χ0n) is 15.9. The summed E-state index contributed by atoms with van der Waals surface area (Å²) in [5.41, 5.74) is 1.15. The largest absolute Gasteiger partial charge is 0.497 e. The van der Waals surface area contributed by atoms with Crippen LogP contribution in [0.5, 0.6) is 5.75 Å². The van der Waals surface area contributed by atoms with Crippen LogP contribution in [-0.2, 0) is 0 Å². The van der Waals surface area contributed by atoms with Gasteiger partial charge in [0, 0.05) is 16.8 Å². The molecule has 3 rings (SSSR count). The van der Waals surface area contributed by atoms with Crippen molar-refractivity contribution in [1.82, 2.24) is 5.32 Å². The van der Waals surface area contributed by atoms with Gasteiger partial charge in [-0.1, -0.05) is 24.3 Å². The molecule has 0 spiro atoms. The molecule has 0 saturated carbocycles. The van der Waals surface area contributed by atoms with Crippen molar-refractivity contribution in [2.75, 3.05) is 17.7 Å². The average Bonchev–Trinajstić information content (AvgIpc) is 2.76. The van der Waals surface area contributed by atoms with E-state index in [1.807, 2.05) is 0 Å². The topological polar surface area (TPSA) is 79.5 Å². The zero-order chi connectivity index (χ0) is 21.5. The lowest BCUT2D eigenvalue weighted by atomic mass is 10.2. The van der Waals surface area contributed by atoms with Crippen molar-refractivity contribution < 1.29 is 18.7 Å². The Morgan fingerprint density at radius 2 is 1.60 bits per heavy atom. The summed E-state index contributed by atoms with van der Waals surface area (Å²) >= 11 is 5.16. The molecular formula is C22H18FN3O3S. The first kappa shape index (κ1) is 20.9. The van der Waals surface area contributed by atoms with Gasteiger partial charge in [-0.15, -0.1) is 0 Å². The fraction of sp³-hybridized carbons (Fsp3) is 0.0455. The number of carbonyl (C=O) groups is 2. The summed E-state index contributed by atoms with van der Waals surface area (Å²) in [6.45, 7) is 0. The van der Waals surface area contributed by atoms with Gasteiger partial charge in [0.2, 0.25) is 0 Å². The Hall–Kier alpha value is -3.78. The molecule has 0 unspecified atom stereocenters. The van der Waals surface area contributed by atoms with Crippen molar-refractivity contribution in [2.45, 2.75) is 0 Å². The normalized spacial score (nSPS) is 10.1. The monoisotopic (exact) mass is 423 g/mol. The van der Waals surface area contributed by atoms with Crippen LogP contribution >= 0.6 is 12.2 Å². The second-order valence-electron chi connectivity index (χ2n) is 6.15. The van der Waals surface area contributed by atoms with Gasteiger partial charge < -0.3 is 15.4 Å². The van der Waals surface area contributed by atoms with Crippen LogP contribution in [0.3, 0.4) is 0 Å². The summed E-state index contributed by atoms with van der Waals surface area (Å²) in [4.78, 5) is 24.6. The van der Waals surface area contributed by atoms with Gasteiger partial charge in [0.15, 0.2) is 5.11 Å². The highest BCUT2D eigenvalue weighted by Gasteiger charge is 2.12. The van der Waals surface area contributed by atoms with Crippen molar-refractivity contribution in [2.24, 2.45) is 0 Å². The predicted octanol–water partition coefficient (Wildman–Crippen LogP) is 4.21. The first-order valence-corrected chi connectivity index (χ1v) is 9.29. The number of ether oxygens (including phenoxy) is 1. The molecule has 0 bridgehead atoms. The van der Waals surface area contributed by atoms with Crippen LogP contribution in [0.25, 0.3) is 0 Å². The molecule has 0 aromatic heterocycles. The van der Waals surface area contributed by atoms with E-state index in [2.05, 4.69) is 16.0 Å². The minimum Gasteiger partial charge on any atom is -0.497 e. The summed E-state index contributed by atoms with van der Waals surface area (Å²) in [7, 11) is 1.51. The molecule has 0 radical (unpaired) electrons. The van der Waals surface area contributed by atoms with Crippen molar-refractivity contribution in [3.8, 4) is 5.75 Å². The predicted molar refractivity (Wildman–Crippen MR) is 117 cm³/mol. The molecule has 3 aromatic carbocycles. The molecule has 8 heteroatoms. The van der Waals surface area contributed by atoms with Gasteiger partial charge in [0.1, 0.15) is 11.6 Å². The van der Waals surface area contributed by atoms with Gasteiger partial charge >= 0.3 is 0 Å². The third kappa shape index (κ3) is 5.39. The molecule has 0 aliphatic carbocycles. The molecule has 0 fully saturated rings. The maximum atomic E-state index is 14.1. The smallest absolute Gasteiger partial charge is 0.257 e. The third-order valence-corrected chi connectivity index (χ3v) is 4.27. The molecule has 0 heterocycles. The Morgan fingerprint density at radius 1 is 0.867 bits per heavy atom. The van der Waals surface area contributed by atoms with Crippen molar-refractivity contribution in [3.63, 3.8) is 0 Å². The second-order valence-corrected chi connectivity index (χ2v) is 6.56. The highest BCUT2D eigenvalue weighted by atomic mass is 32.1. The molecule has 152 valence electrons. The lowest BCUT2D eigenvalue weighted by Gasteiger charge is -2.12. The molecule has 0 aliphatic heterocycles. The van der Waals surface area contributed by atoms with Gasteiger partial charge in [-0.3, -0.25) is 14.9 Å². The first-order chi connectivity index (χ1) is 14.5. The van der Waals surface area contributed by atoms with E-state index < -0.39 is 17.6 Å². The summed E-state index contributed by atoms with van der Waals surface area (Å²) in [5.74, 6) is -0.929. The van der Waals surface area contributed by atoms with Crippen LogP contribution in [0, 0.1) is 5.82 Å². The number of anilines is 2. The van der Waals surface area contributed by atoms with Gasteiger partial charge in [0.05, 0.1) is 12.8 Å². The van der Waals surface area contributed by atoms with E-state index in [1.165, 1.54) is 25.3 Å². The number of nitrogens with one attached hydrogen (secondary N) is 3. The Labute approximate surface area is 178 Å². The highest BCUT2D eigenvalue weighted by Crippen LogP contribution is 2.20. The maximum Gasteiger partial charge on any atom is 0.257 e. The third-order valence-electron chi connectivity index (χ3n) is 4.07. The molecular weight excluding hydrogens is 405 g/mol. The van der Waals surface area contributed by atoms with Gasteiger partial charge in [-0.05, 0) is 60.7 Å². The standard InChI is InChI=1S/C22H18FN3O3S/c1-29-17-9-5-8-15(12-17)21(28)26-22(30)24-16-10-11-18(23)19(13-16)25-20(27)14-6-3-2-4-7-14/h2-13H,1H3,(H,25,27)(H2,24,26,28,30). The van der Waals surface area contributed by atoms with Crippen molar-refractivity contribution in [3.05, 3.63) is 89.7 Å². The number of methoxy groups -OCH3 is 1. The van der Waals surface area contributed by atoms with E-state index in [9.17, 15) is 14.0 Å². The number of thiocarbonyl (C=S) groups is 1. The second kappa shape index (κ2) is 9.62. The Morgan fingerprint density at radius 3 is 2.33 bits per heavy atom. The number of hydrogen-bond donors (Lipinski definition) is 3. The number of benzene rings is 3. The molecule has 0 aliphatic rings. The van der Waals surface area contributed by atoms with Crippen LogP contribution in [-0.4, -0.2) is 24.0 Å². The Bertz CT molecular complexity index is 1090. The van der Waals surface area contributed by atoms with Crippen LogP contribution in [0.1, 0.15) is 20.7 Å². The van der Waals surface area contributed by atoms with E-state index in [1.54, 1.807) is 54.6 Å². The summed E-state index contributed by atoms with van der Waals surface area (Å²) in [5, 5.41) is 7.89. The molecule has 3 N–H and O–H groups in total. The number of halogens is 1. The highest BCUT2D eigenvalue weighted by molar-refractivity contribution is 7.80. The summed E-state index contributed by atoms with van der Waals surface area (Å²) in [6.07, 6.45) is 0. The summed E-state index contributed by atoms with van der Waals surface area (Å²) < 4.78 is 19.2. The molecule has 30 heavy (non-hydrogen) atoms. The maximum absolute atomic E-state index is 14.1. The molecule has 2 amide bonds. The number of rotatable bonds is 5. The Balaban J connectivity index is 1.66. The van der Waals surface area contributed by atoms with E-state index in [0.29, 0.717) is 22.6 Å². The van der Waals surface area contributed by atoms with E-state index in [4.69, 9.17) is 17.0 Å². The van der Waals surface area contributed by atoms with E-state index >= 15 is 0 Å². The number of amides is 2. The van der Waals surface area contributed by atoms with Gasteiger partial charge in [-0.2, -0.15) is 0 Å². The fourth-order valence-electron chi connectivity index (χ4n) is 2.58. The zero-order valence-corrected chi connectivity index (χ0v) is 16.8. The van der Waals surface area contributed by atoms with Gasteiger partial charge in [-0.25, -0.2) is 4.39 Å². The average molecular weight is 423 g/mol. The molecule has 0 atom stereocenters. The van der Waals surface area contributed by atoms with Crippen LogP contribution in [0.2, 0.25) is 0 Å². The number of hydrogen-bond acceptors (Lipinski definition) is 4. The van der Waals surface area contributed by atoms with E-state index in [0.717, 1.165) is 0 Å². The lowest BCUT2D eigenvalue weighted by Crippen LogP contribution is -2.34.